The Bertz CT molecular complexity index is 621. The number of pyridine rings is 1. The average molecular weight is 294 g/mol. The third kappa shape index (κ3) is 3.18. The van der Waals surface area contributed by atoms with Gasteiger partial charge in [-0.1, -0.05) is 24.6 Å². The molecule has 2 heterocycles. The van der Waals surface area contributed by atoms with Crippen molar-refractivity contribution in [2.24, 2.45) is 0 Å². The van der Waals surface area contributed by atoms with Gasteiger partial charge in [-0.05, 0) is 12.1 Å². The minimum Gasteiger partial charge on any atom is -0.359 e. The zero-order valence-corrected chi connectivity index (χ0v) is 11.5. The SMILES string of the molecule is CCc1nc(Cl)c([N+](=O)[O-])c(NCc2ccccn2)n1. The van der Waals surface area contributed by atoms with E-state index in [0.717, 1.165) is 5.69 Å². The molecule has 0 aliphatic rings. The van der Waals surface area contributed by atoms with Crippen molar-refractivity contribution in [2.45, 2.75) is 19.9 Å². The molecule has 0 saturated carbocycles. The van der Waals surface area contributed by atoms with E-state index in [1.54, 1.807) is 12.3 Å². The van der Waals surface area contributed by atoms with Gasteiger partial charge in [0, 0.05) is 12.6 Å². The first-order chi connectivity index (χ1) is 9.61. The molecule has 20 heavy (non-hydrogen) atoms. The Morgan fingerprint density at radius 2 is 2.20 bits per heavy atom. The second-order valence-corrected chi connectivity index (χ2v) is 4.27. The van der Waals surface area contributed by atoms with Crippen LogP contribution < -0.4 is 5.32 Å². The van der Waals surface area contributed by atoms with Gasteiger partial charge in [0.15, 0.2) is 0 Å². The van der Waals surface area contributed by atoms with Gasteiger partial charge >= 0.3 is 5.69 Å². The van der Waals surface area contributed by atoms with Crippen molar-refractivity contribution in [2.75, 3.05) is 5.32 Å². The summed E-state index contributed by atoms with van der Waals surface area (Å²) in [7, 11) is 0. The van der Waals surface area contributed by atoms with Crippen LogP contribution in [0, 0.1) is 10.1 Å². The number of anilines is 1. The molecule has 104 valence electrons. The van der Waals surface area contributed by atoms with Gasteiger partial charge in [-0.15, -0.1) is 0 Å². The molecule has 7 nitrogen and oxygen atoms in total. The van der Waals surface area contributed by atoms with Crippen molar-refractivity contribution in [3.63, 3.8) is 0 Å². The Morgan fingerprint density at radius 1 is 1.40 bits per heavy atom. The van der Waals surface area contributed by atoms with Crippen LogP contribution in [-0.4, -0.2) is 19.9 Å². The highest BCUT2D eigenvalue weighted by Crippen LogP contribution is 2.29. The van der Waals surface area contributed by atoms with Crippen LogP contribution in [0.4, 0.5) is 11.5 Å². The van der Waals surface area contributed by atoms with Gasteiger partial charge in [-0.2, -0.15) is 0 Å². The summed E-state index contributed by atoms with van der Waals surface area (Å²) in [5.74, 6) is 0.557. The molecule has 0 bridgehead atoms. The van der Waals surface area contributed by atoms with Crippen LogP contribution in [0.15, 0.2) is 24.4 Å². The Kier molecular flexibility index (Phi) is 4.41. The molecular weight excluding hydrogens is 282 g/mol. The number of aromatic nitrogens is 3. The Labute approximate surface area is 120 Å². The Hall–Kier alpha value is -2.28. The van der Waals surface area contributed by atoms with Gasteiger partial charge in [-0.3, -0.25) is 15.1 Å². The van der Waals surface area contributed by atoms with Gasteiger partial charge in [0.2, 0.25) is 11.0 Å². The molecule has 2 aromatic rings. The quantitative estimate of drug-likeness (QED) is 0.517. The van der Waals surface area contributed by atoms with E-state index in [-0.39, 0.29) is 16.7 Å². The fraction of sp³-hybridized carbons (Fsp3) is 0.250. The fourth-order valence-electron chi connectivity index (χ4n) is 1.59. The average Bonchev–Trinajstić information content (AvgIpc) is 2.45. The molecule has 0 aliphatic carbocycles. The summed E-state index contributed by atoms with van der Waals surface area (Å²) < 4.78 is 0. The van der Waals surface area contributed by atoms with E-state index in [9.17, 15) is 10.1 Å². The summed E-state index contributed by atoms with van der Waals surface area (Å²) in [6.45, 7) is 2.16. The first kappa shape index (κ1) is 14.1. The second kappa shape index (κ2) is 6.25. The molecule has 1 N–H and O–H groups in total. The molecule has 2 aromatic heterocycles. The fourth-order valence-corrected chi connectivity index (χ4v) is 1.85. The third-order valence-corrected chi connectivity index (χ3v) is 2.81. The standard InChI is InChI=1S/C12H12ClN5O2/c1-2-9-16-11(13)10(18(19)20)12(17-9)15-7-8-5-3-4-6-14-8/h3-6H,2,7H2,1H3,(H,15,16,17). The molecular formula is C12H12ClN5O2. The minimum atomic E-state index is -0.595. The van der Waals surface area contributed by atoms with Crippen LogP contribution in [0.1, 0.15) is 18.4 Å². The molecule has 0 spiro atoms. The summed E-state index contributed by atoms with van der Waals surface area (Å²) in [4.78, 5) is 22.6. The largest absolute Gasteiger partial charge is 0.359 e. The molecule has 8 heteroatoms. The molecule has 0 amide bonds. The summed E-state index contributed by atoms with van der Waals surface area (Å²) in [5.41, 5.74) is 0.425. The van der Waals surface area contributed by atoms with Crippen molar-refractivity contribution in [3.05, 3.63) is 51.2 Å². The molecule has 0 aliphatic heterocycles. The van der Waals surface area contributed by atoms with Crippen molar-refractivity contribution in [3.8, 4) is 0 Å². The lowest BCUT2D eigenvalue weighted by Crippen LogP contribution is -2.09. The van der Waals surface area contributed by atoms with Gasteiger partial charge in [0.25, 0.3) is 0 Å². The molecule has 0 unspecified atom stereocenters. The first-order valence-corrected chi connectivity index (χ1v) is 6.34. The van der Waals surface area contributed by atoms with E-state index in [4.69, 9.17) is 11.6 Å². The minimum absolute atomic E-state index is 0.109. The van der Waals surface area contributed by atoms with Crippen LogP contribution >= 0.6 is 11.6 Å². The number of halogens is 1. The smallest absolute Gasteiger partial charge is 0.348 e. The molecule has 2 rings (SSSR count). The lowest BCUT2D eigenvalue weighted by atomic mass is 10.3. The van der Waals surface area contributed by atoms with Gasteiger partial charge < -0.3 is 5.32 Å². The van der Waals surface area contributed by atoms with Gasteiger partial charge in [0.1, 0.15) is 5.82 Å². The molecule has 0 aromatic carbocycles. The molecule has 0 saturated heterocycles. The van der Waals surface area contributed by atoms with Crippen LogP contribution in [-0.2, 0) is 13.0 Å². The zero-order valence-electron chi connectivity index (χ0n) is 10.7. The van der Waals surface area contributed by atoms with Crippen molar-refractivity contribution in [1.29, 1.82) is 0 Å². The number of aryl methyl sites for hydroxylation is 1. The first-order valence-electron chi connectivity index (χ1n) is 5.96. The van der Waals surface area contributed by atoms with Crippen LogP contribution in [0.25, 0.3) is 0 Å². The second-order valence-electron chi connectivity index (χ2n) is 3.91. The lowest BCUT2D eigenvalue weighted by molar-refractivity contribution is -0.384. The highest BCUT2D eigenvalue weighted by molar-refractivity contribution is 6.31. The summed E-state index contributed by atoms with van der Waals surface area (Å²) in [6, 6.07) is 5.44. The zero-order chi connectivity index (χ0) is 14.5. The Morgan fingerprint density at radius 3 is 2.80 bits per heavy atom. The highest BCUT2D eigenvalue weighted by Gasteiger charge is 2.23. The molecule has 0 radical (unpaired) electrons. The Balaban J connectivity index is 2.29. The molecule has 0 atom stereocenters. The normalized spacial score (nSPS) is 10.3. The highest BCUT2D eigenvalue weighted by atomic mass is 35.5. The van der Waals surface area contributed by atoms with Crippen LogP contribution in [0.3, 0.4) is 0 Å². The molecule has 0 fully saturated rings. The van der Waals surface area contributed by atoms with Crippen LogP contribution in [0.5, 0.6) is 0 Å². The summed E-state index contributed by atoms with van der Waals surface area (Å²) in [5, 5.41) is 13.8. The van der Waals surface area contributed by atoms with E-state index in [1.165, 1.54) is 0 Å². The van der Waals surface area contributed by atoms with E-state index in [2.05, 4.69) is 20.3 Å². The summed E-state index contributed by atoms with van der Waals surface area (Å²) in [6.07, 6.45) is 2.19. The van der Waals surface area contributed by atoms with E-state index in [1.807, 2.05) is 19.1 Å². The maximum Gasteiger partial charge on any atom is 0.348 e. The van der Waals surface area contributed by atoms with Crippen LogP contribution in [0.2, 0.25) is 5.15 Å². The number of hydrogen-bond acceptors (Lipinski definition) is 6. The van der Waals surface area contributed by atoms with E-state index < -0.39 is 4.92 Å². The monoisotopic (exact) mass is 293 g/mol. The number of nitro groups is 1. The van der Waals surface area contributed by atoms with E-state index >= 15 is 0 Å². The maximum absolute atomic E-state index is 11.0. The van der Waals surface area contributed by atoms with Crippen molar-refractivity contribution >= 4 is 23.1 Å². The predicted octanol–water partition coefficient (Wildman–Crippen LogP) is 2.61. The number of hydrogen-bond donors (Lipinski definition) is 1. The van der Waals surface area contributed by atoms with Gasteiger partial charge in [0.05, 0.1) is 17.2 Å². The third-order valence-electron chi connectivity index (χ3n) is 2.55. The number of rotatable bonds is 5. The lowest BCUT2D eigenvalue weighted by Gasteiger charge is -2.08. The maximum atomic E-state index is 11.0. The topological polar surface area (TPSA) is 93.8 Å². The van der Waals surface area contributed by atoms with Gasteiger partial charge in [-0.25, -0.2) is 9.97 Å². The predicted molar refractivity (Wildman–Crippen MR) is 74.6 cm³/mol. The number of nitrogens with zero attached hydrogens (tertiary/aromatic N) is 4. The van der Waals surface area contributed by atoms with Crippen molar-refractivity contribution < 1.29 is 4.92 Å². The number of nitrogens with one attached hydrogen (secondary N) is 1. The van der Waals surface area contributed by atoms with E-state index in [0.29, 0.717) is 18.8 Å². The summed E-state index contributed by atoms with van der Waals surface area (Å²) >= 11 is 5.84. The van der Waals surface area contributed by atoms with Crippen molar-refractivity contribution in [1.82, 2.24) is 15.0 Å².